The quantitative estimate of drug-likeness (QED) is 0.629. The third-order valence-electron chi connectivity index (χ3n) is 4.66. The number of barbiturate groups is 1. The first-order chi connectivity index (χ1) is 12.0. The van der Waals surface area contributed by atoms with Crippen molar-refractivity contribution in [2.75, 3.05) is 45.9 Å². The molecule has 0 aromatic carbocycles. The number of carbonyl (C=O) groups excluding carboxylic acids is 3. The Morgan fingerprint density at radius 3 is 2.00 bits per heavy atom. The normalized spacial score (nSPS) is 23.5. The van der Waals surface area contributed by atoms with Gasteiger partial charge in [0.05, 0.1) is 13.2 Å². The van der Waals surface area contributed by atoms with Gasteiger partial charge in [0.2, 0.25) is 5.96 Å². The van der Waals surface area contributed by atoms with E-state index in [1.54, 1.807) is 18.7 Å². The van der Waals surface area contributed by atoms with E-state index in [0.29, 0.717) is 38.8 Å². The zero-order valence-electron chi connectivity index (χ0n) is 14.7. The molecule has 0 aromatic heterocycles. The lowest BCUT2D eigenvalue weighted by Crippen LogP contribution is -2.75. The molecule has 10 nitrogen and oxygen atoms in total. The van der Waals surface area contributed by atoms with Crippen molar-refractivity contribution >= 4 is 23.8 Å². The van der Waals surface area contributed by atoms with Crippen molar-refractivity contribution < 1.29 is 24.0 Å². The molecule has 0 aliphatic carbocycles. The first kappa shape index (κ1) is 17.5. The molecule has 0 aromatic rings. The van der Waals surface area contributed by atoms with E-state index in [0.717, 1.165) is 9.80 Å². The lowest BCUT2D eigenvalue weighted by Gasteiger charge is -2.44. The number of nitrogens with zero attached hydrogens (tertiary/aromatic N) is 5. The third kappa shape index (κ3) is 2.35. The van der Waals surface area contributed by atoms with Gasteiger partial charge in [0.15, 0.2) is 0 Å². The van der Waals surface area contributed by atoms with Gasteiger partial charge in [0.25, 0.3) is 0 Å². The Bertz CT molecular complexity index is 589. The zero-order chi connectivity index (χ0) is 18.2. The average molecular weight is 353 g/mol. The summed E-state index contributed by atoms with van der Waals surface area (Å²) in [4.78, 5) is 49.5. The zero-order valence-corrected chi connectivity index (χ0v) is 14.7. The summed E-state index contributed by atoms with van der Waals surface area (Å²) in [6.45, 7) is 8.06. The smallest absolute Gasteiger partial charge is 0.370 e. The highest BCUT2D eigenvalue weighted by molar-refractivity contribution is 6.22. The lowest BCUT2D eigenvalue weighted by atomic mass is 10.1. The van der Waals surface area contributed by atoms with Gasteiger partial charge in [-0.15, -0.1) is 0 Å². The minimum absolute atomic E-state index is 0.150. The predicted molar refractivity (Wildman–Crippen MR) is 86.2 cm³/mol. The van der Waals surface area contributed by atoms with E-state index < -0.39 is 23.6 Å². The van der Waals surface area contributed by atoms with Crippen LogP contribution in [0, 0.1) is 0 Å². The monoisotopic (exact) mass is 353 g/mol. The molecule has 3 aliphatic heterocycles. The van der Waals surface area contributed by atoms with Gasteiger partial charge in [-0.05, 0) is 25.9 Å². The van der Waals surface area contributed by atoms with Gasteiger partial charge in [0.1, 0.15) is 0 Å². The van der Waals surface area contributed by atoms with E-state index in [4.69, 9.17) is 9.57 Å². The molecule has 0 atom stereocenters. The second-order valence-electron chi connectivity index (χ2n) is 5.85. The standard InChI is InChI=1S/C15H23N5O5/c1-4-18-11(21)15(12(22)19(5-2)14(18)23)20(6-3)13(16-25-15)17-7-9-24-10-8-17/h4-10H2,1-3H3. The summed E-state index contributed by atoms with van der Waals surface area (Å²) in [7, 11) is 0. The van der Waals surface area contributed by atoms with Gasteiger partial charge in [-0.2, -0.15) is 0 Å². The summed E-state index contributed by atoms with van der Waals surface area (Å²) in [5, 5.41) is 4.06. The number of carbonyl (C=O) groups is 3. The number of oxime groups is 1. The Morgan fingerprint density at radius 2 is 1.52 bits per heavy atom. The topological polar surface area (TPSA) is 95.0 Å². The van der Waals surface area contributed by atoms with Crippen molar-refractivity contribution in [2.24, 2.45) is 5.16 Å². The number of hydrogen-bond acceptors (Lipinski definition) is 8. The van der Waals surface area contributed by atoms with Crippen LogP contribution >= 0.6 is 0 Å². The third-order valence-corrected chi connectivity index (χ3v) is 4.66. The van der Waals surface area contributed by atoms with E-state index >= 15 is 0 Å². The maximum atomic E-state index is 13.0. The van der Waals surface area contributed by atoms with Crippen LogP contribution < -0.4 is 0 Å². The average Bonchev–Trinajstić information content (AvgIpc) is 3.02. The molecule has 0 N–H and O–H groups in total. The molecule has 4 amide bonds. The fourth-order valence-corrected chi connectivity index (χ4v) is 3.35. The number of morpholine rings is 1. The van der Waals surface area contributed by atoms with Crippen molar-refractivity contribution in [2.45, 2.75) is 26.5 Å². The Kier molecular flexibility index (Phi) is 4.55. The molecule has 2 saturated heterocycles. The SMILES string of the molecule is CCN1C(=O)N(CC)C(=O)C2(ON=C(N3CCOCC3)N2CC)C1=O. The summed E-state index contributed by atoms with van der Waals surface area (Å²) in [5.41, 5.74) is -1.94. The first-order valence-electron chi connectivity index (χ1n) is 8.57. The van der Waals surface area contributed by atoms with Gasteiger partial charge in [0, 0.05) is 32.7 Å². The maximum absolute atomic E-state index is 13.0. The number of guanidine groups is 1. The van der Waals surface area contributed by atoms with Crippen LogP contribution in [0.15, 0.2) is 5.16 Å². The van der Waals surface area contributed by atoms with Crippen LogP contribution in [0.2, 0.25) is 0 Å². The van der Waals surface area contributed by atoms with E-state index in [1.165, 1.54) is 0 Å². The highest BCUT2D eigenvalue weighted by Crippen LogP contribution is 2.34. The van der Waals surface area contributed by atoms with Crippen LogP contribution in [0.4, 0.5) is 4.79 Å². The van der Waals surface area contributed by atoms with Gasteiger partial charge in [-0.3, -0.25) is 24.3 Å². The van der Waals surface area contributed by atoms with Crippen LogP contribution in [-0.2, 0) is 19.2 Å². The van der Waals surface area contributed by atoms with E-state index in [2.05, 4.69) is 5.16 Å². The van der Waals surface area contributed by atoms with Crippen LogP contribution in [0.5, 0.6) is 0 Å². The van der Waals surface area contributed by atoms with E-state index in [9.17, 15) is 14.4 Å². The van der Waals surface area contributed by atoms with Crippen molar-refractivity contribution in [1.29, 1.82) is 0 Å². The number of ether oxygens (including phenoxy) is 1. The van der Waals surface area contributed by atoms with Gasteiger partial charge in [-0.1, -0.05) is 0 Å². The molecule has 2 fully saturated rings. The van der Waals surface area contributed by atoms with E-state index in [-0.39, 0.29) is 13.1 Å². The fourth-order valence-electron chi connectivity index (χ4n) is 3.35. The van der Waals surface area contributed by atoms with Crippen LogP contribution in [0.25, 0.3) is 0 Å². The number of imide groups is 2. The number of urea groups is 1. The predicted octanol–water partition coefficient (Wildman–Crippen LogP) is -0.531. The molecule has 25 heavy (non-hydrogen) atoms. The van der Waals surface area contributed by atoms with Crippen molar-refractivity contribution in [3.05, 3.63) is 0 Å². The van der Waals surface area contributed by atoms with Gasteiger partial charge < -0.3 is 14.5 Å². The fraction of sp³-hybridized carbons (Fsp3) is 0.733. The first-order valence-corrected chi connectivity index (χ1v) is 8.57. The molecular weight excluding hydrogens is 330 g/mol. The molecule has 0 radical (unpaired) electrons. The van der Waals surface area contributed by atoms with Crippen molar-refractivity contribution in [1.82, 2.24) is 19.6 Å². The van der Waals surface area contributed by atoms with Crippen LogP contribution in [-0.4, -0.2) is 95.1 Å². The van der Waals surface area contributed by atoms with Gasteiger partial charge >= 0.3 is 23.6 Å². The molecule has 138 valence electrons. The minimum Gasteiger partial charge on any atom is -0.378 e. The van der Waals surface area contributed by atoms with Crippen LogP contribution in [0.1, 0.15) is 20.8 Å². The molecule has 0 bridgehead atoms. The Morgan fingerprint density at radius 1 is 0.960 bits per heavy atom. The summed E-state index contributed by atoms with van der Waals surface area (Å²) in [6.07, 6.45) is 0. The largest absolute Gasteiger partial charge is 0.378 e. The molecule has 0 saturated carbocycles. The second kappa shape index (κ2) is 6.51. The summed E-state index contributed by atoms with van der Waals surface area (Å²) in [5.74, 6) is -0.957. The number of hydrogen-bond donors (Lipinski definition) is 0. The summed E-state index contributed by atoms with van der Waals surface area (Å²) < 4.78 is 5.34. The highest BCUT2D eigenvalue weighted by atomic mass is 16.7. The van der Waals surface area contributed by atoms with Crippen molar-refractivity contribution in [3.63, 3.8) is 0 Å². The molecule has 3 heterocycles. The van der Waals surface area contributed by atoms with Crippen molar-refractivity contribution in [3.8, 4) is 0 Å². The molecule has 3 aliphatic rings. The number of amides is 4. The highest BCUT2D eigenvalue weighted by Gasteiger charge is 2.67. The molecule has 3 rings (SSSR count). The Labute approximate surface area is 145 Å². The van der Waals surface area contributed by atoms with Crippen LogP contribution in [0.3, 0.4) is 0 Å². The summed E-state index contributed by atoms with van der Waals surface area (Å²) >= 11 is 0. The van der Waals surface area contributed by atoms with Gasteiger partial charge in [-0.25, -0.2) is 4.79 Å². The lowest BCUT2D eigenvalue weighted by molar-refractivity contribution is -0.189. The molecule has 1 spiro atoms. The second-order valence-corrected chi connectivity index (χ2v) is 5.85. The summed E-state index contributed by atoms with van der Waals surface area (Å²) in [6, 6.07) is -0.620. The number of likely N-dealkylation sites (N-methyl/N-ethyl adjacent to an activating group) is 3. The molecular formula is C15H23N5O5. The molecule has 10 heteroatoms. The molecule has 0 unspecified atom stereocenters. The van der Waals surface area contributed by atoms with E-state index in [1.807, 2.05) is 11.8 Å². The maximum Gasteiger partial charge on any atom is 0.370 e. The number of rotatable bonds is 3. The Hall–Kier alpha value is -2.36. The minimum atomic E-state index is -1.94. The Balaban J connectivity index is 1.99.